The molecule has 1 aliphatic heterocycles. The fourth-order valence-corrected chi connectivity index (χ4v) is 2.39. The molecular weight excluding hydrogens is 210 g/mol. The van der Waals surface area contributed by atoms with Gasteiger partial charge < -0.3 is 10.6 Å². The summed E-state index contributed by atoms with van der Waals surface area (Å²) in [5, 5.41) is 0.600. The topological polar surface area (TPSA) is 42.2 Å². The Bertz CT molecular complexity index is 354. The molecule has 1 aromatic rings. The standard InChI is InChI=1S/C11H16ClN3/c1-2-9-4-3-5-15(9)11-10(13)6-8(12)7-14-11/h6-7,9H,2-5,13H2,1H3. The number of nitrogens with two attached hydrogens (primary N) is 1. The number of hydrogen-bond acceptors (Lipinski definition) is 3. The number of rotatable bonds is 2. The van der Waals surface area contributed by atoms with Gasteiger partial charge in [-0.15, -0.1) is 0 Å². The molecule has 2 heterocycles. The van der Waals surface area contributed by atoms with E-state index in [1.807, 2.05) is 0 Å². The van der Waals surface area contributed by atoms with Crippen molar-refractivity contribution in [3.05, 3.63) is 17.3 Å². The monoisotopic (exact) mass is 225 g/mol. The van der Waals surface area contributed by atoms with Gasteiger partial charge in [-0.2, -0.15) is 0 Å². The minimum Gasteiger partial charge on any atom is -0.396 e. The molecule has 0 aromatic carbocycles. The third kappa shape index (κ3) is 2.02. The summed E-state index contributed by atoms with van der Waals surface area (Å²) in [4.78, 5) is 6.62. The van der Waals surface area contributed by atoms with E-state index >= 15 is 0 Å². The van der Waals surface area contributed by atoms with Gasteiger partial charge in [-0.1, -0.05) is 18.5 Å². The lowest BCUT2D eigenvalue weighted by molar-refractivity contribution is 0.641. The molecular formula is C11H16ClN3. The molecule has 0 spiro atoms. The summed E-state index contributed by atoms with van der Waals surface area (Å²) < 4.78 is 0. The minimum absolute atomic E-state index is 0.584. The summed E-state index contributed by atoms with van der Waals surface area (Å²) in [6, 6.07) is 2.36. The van der Waals surface area contributed by atoms with Gasteiger partial charge >= 0.3 is 0 Å². The van der Waals surface area contributed by atoms with Gasteiger partial charge in [0.2, 0.25) is 0 Å². The van der Waals surface area contributed by atoms with Gasteiger partial charge in [-0.05, 0) is 25.3 Å². The van der Waals surface area contributed by atoms with Crippen LogP contribution in [-0.2, 0) is 0 Å². The Hall–Kier alpha value is -0.960. The molecule has 1 fully saturated rings. The van der Waals surface area contributed by atoms with E-state index in [1.54, 1.807) is 12.3 Å². The van der Waals surface area contributed by atoms with Gasteiger partial charge in [0.25, 0.3) is 0 Å². The summed E-state index contributed by atoms with van der Waals surface area (Å²) in [5.74, 6) is 0.892. The summed E-state index contributed by atoms with van der Waals surface area (Å²) >= 11 is 5.83. The normalized spacial score (nSPS) is 20.9. The number of halogens is 1. The number of hydrogen-bond donors (Lipinski definition) is 1. The molecule has 82 valence electrons. The predicted molar refractivity (Wildman–Crippen MR) is 64.3 cm³/mol. The van der Waals surface area contributed by atoms with E-state index in [0.717, 1.165) is 18.8 Å². The zero-order valence-corrected chi connectivity index (χ0v) is 9.67. The lowest BCUT2D eigenvalue weighted by Crippen LogP contribution is -2.29. The molecule has 15 heavy (non-hydrogen) atoms. The number of anilines is 2. The highest BCUT2D eigenvalue weighted by molar-refractivity contribution is 6.30. The van der Waals surface area contributed by atoms with Crippen LogP contribution >= 0.6 is 11.6 Å². The van der Waals surface area contributed by atoms with Crippen molar-refractivity contribution in [3.63, 3.8) is 0 Å². The largest absolute Gasteiger partial charge is 0.396 e. The van der Waals surface area contributed by atoms with Crippen molar-refractivity contribution >= 4 is 23.1 Å². The second kappa shape index (κ2) is 4.27. The van der Waals surface area contributed by atoms with Gasteiger partial charge in [0.1, 0.15) is 0 Å². The van der Waals surface area contributed by atoms with Gasteiger partial charge in [0, 0.05) is 18.8 Å². The van der Waals surface area contributed by atoms with E-state index in [0.29, 0.717) is 16.8 Å². The highest BCUT2D eigenvalue weighted by Gasteiger charge is 2.25. The Labute approximate surface area is 95.2 Å². The second-order valence-corrected chi connectivity index (χ2v) is 4.40. The number of pyridine rings is 1. The van der Waals surface area contributed by atoms with Crippen molar-refractivity contribution in [2.45, 2.75) is 32.2 Å². The van der Waals surface area contributed by atoms with Crippen LogP contribution in [0.3, 0.4) is 0 Å². The average molecular weight is 226 g/mol. The molecule has 3 nitrogen and oxygen atoms in total. The van der Waals surface area contributed by atoms with E-state index in [2.05, 4.69) is 16.8 Å². The second-order valence-electron chi connectivity index (χ2n) is 3.96. The van der Waals surface area contributed by atoms with E-state index in [-0.39, 0.29) is 0 Å². The predicted octanol–water partition coefficient (Wildman–Crippen LogP) is 2.70. The van der Waals surface area contributed by atoms with Crippen LogP contribution in [0, 0.1) is 0 Å². The van der Waals surface area contributed by atoms with Crippen molar-refractivity contribution in [2.75, 3.05) is 17.2 Å². The van der Waals surface area contributed by atoms with Crippen LogP contribution < -0.4 is 10.6 Å². The van der Waals surface area contributed by atoms with Crippen LogP contribution in [0.15, 0.2) is 12.3 Å². The zero-order valence-electron chi connectivity index (χ0n) is 8.91. The van der Waals surface area contributed by atoms with E-state index < -0.39 is 0 Å². The van der Waals surface area contributed by atoms with Crippen LogP contribution in [0.25, 0.3) is 0 Å². The highest BCUT2D eigenvalue weighted by Crippen LogP contribution is 2.30. The zero-order chi connectivity index (χ0) is 10.8. The van der Waals surface area contributed by atoms with Crippen LogP contribution in [0.2, 0.25) is 5.02 Å². The molecule has 2 rings (SSSR count). The molecule has 0 aliphatic carbocycles. The molecule has 0 bridgehead atoms. The lowest BCUT2D eigenvalue weighted by Gasteiger charge is -2.25. The SMILES string of the molecule is CCC1CCCN1c1ncc(Cl)cc1N. The smallest absolute Gasteiger partial charge is 0.152 e. The highest BCUT2D eigenvalue weighted by atomic mass is 35.5. The molecule has 1 aliphatic rings. The Balaban J connectivity index is 2.28. The molecule has 4 heteroatoms. The van der Waals surface area contributed by atoms with Crippen LogP contribution in [0.4, 0.5) is 11.5 Å². The summed E-state index contributed by atoms with van der Waals surface area (Å²) in [5.41, 5.74) is 6.61. The van der Waals surface area contributed by atoms with Gasteiger partial charge in [-0.25, -0.2) is 4.98 Å². The fraction of sp³-hybridized carbons (Fsp3) is 0.545. The quantitative estimate of drug-likeness (QED) is 0.842. The Morgan fingerprint density at radius 2 is 2.47 bits per heavy atom. The first kappa shape index (κ1) is 10.6. The maximum absolute atomic E-state index is 5.93. The number of nitrogen functional groups attached to an aromatic ring is 1. The van der Waals surface area contributed by atoms with Crippen LogP contribution in [0.5, 0.6) is 0 Å². The average Bonchev–Trinajstić information content (AvgIpc) is 2.65. The van der Waals surface area contributed by atoms with Crippen LogP contribution in [-0.4, -0.2) is 17.6 Å². The number of aromatic nitrogens is 1. The molecule has 1 saturated heterocycles. The Kier molecular flexibility index (Phi) is 3.00. The van der Waals surface area contributed by atoms with Gasteiger partial charge in [0.15, 0.2) is 5.82 Å². The minimum atomic E-state index is 0.584. The first-order valence-electron chi connectivity index (χ1n) is 5.40. The van der Waals surface area contributed by atoms with Crippen molar-refractivity contribution in [1.29, 1.82) is 0 Å². The first-order valence-corrected chi connectivity index (χ1v) is 5.78. The molecule has 1 atom stereocenters. The molecule has 0 radical (unpaired) electrons. The third-order valence-electron chi connectivity index (χ3n) is 2.98. The molecule has 0 saturated carbocycles. The summed E-state index contributed by atoms with van der Waals surface area (Å²) in [7, 11) is 0. The Morgan fingerprint density at radius 1 is 1.67 bits per heavy atom. The molecule has 1 aromatic heterocycles. The lowest BCUT2D eigenvalue weighted by atomic mass is 10.2. The van der Waals surface area contributed by atoms with Gasteiger partial charge in [0.05, 0.1) is 10.7 Å². The van der Waals surface area contributed by atoms with Crippen molar-refractivity contribution < 1.29 is 0 Å². The Morgan fingerprint density at radius 3 is 3.13 bits per heavy atom. The summed E-state index contributed by atoms with van der Waals surface area (Å²) in [6.45, 7) is 3.26. The number of nitrogens with zero attached hydrogens (tertiary/aromatic N) is 2. The van der Waals surface area contributed by atoms with Gasteiger partial charge in [-0.3, -0.25) is 0 Å². The fourth-order valence-electron chi connectivity index (χ4n) is 2.23. The van der Waals surface area contributed by atoms with Crippen molar-refractivity contribution in [2.24, 2.45) is 0 Å². The van der Waals surface area contributed by atoms with Crippen molar-refractivity contribution in [3.8, 4) is 0 Å². The maximum Gasteiger partial charge on any atom is 0.152 e. The van der Waals surface area contributed by atoms with Crippen LogP contribution in [0.1, 0.15) is 26.2 Å². The first-order chi connectivity index (χ1) is 7.22. The van der Waals surface area contributed by atoms with E-state index in [1.165, 1.54) is 12.8 Å². The van der Waals surface area contributed by atoms with Crippen molar-refractivity contribution in [1.82, 2.24) is 4.98 Å². The van der Waals surface area contributed by atoms with E-state index in [4.69, 9.17) is 17.3 Å². The summed E-state index contributed by atoms with van der Waals surface area (Å²) in [6.07, 6.45) is 5.27. The maximum atomic E-state index is 5.93. The molecule has 1 unspecified atom stereocenters. The van der Waals surface area contributed by atoms with E-state index in [9.17, 15) is 0 Å². The molecule has 0 amide bonds. The third-order valence-corrected chi connectivity index (χ3v) is 3.19. The molecule has 2 N–H and O–H groups in total.